The lowest BCUT2D eigenvalue weighted by Crippen LogP contribution is -2.29. The van der Waals surface area contributed by atoms with Gasteiger partial charge in [0.2, 0.25) is 0 Å². The van der Waals surface area contributed by atoms with Crippen LogP contribution in [0.4, 0.5) is 0 Å². The molecule has 2 rings (SSSR count). The van der Waals surface area contributed by atoms with E-state index >= 15 is 0 Å². The fraction of sp³-hybridized carbons (Fsp3) is 0.214. The molecule has 1 heterocycles. The van der Waals surface area contributed by atoms with E-state index in [1.807, 2.05) is 0 Å². The molecule has 0 aliphatic carbocycles. The van der Waals surface area contributed by atoms with Crippen LogP contribution in [0.3, 0.4) is 0 Å². The summed E-state index contributed by atoms with van der Waals surface area (Å²) < 4.78 is 0. The number of amides is 2. The molecule has 92 valence electrons. The Hall–Kier alpha value is -2.23. The van der Waals surface area contributed by atoms with Crippen molar-refractivity contribution < 1.29 is 14.4 Å². The summed E-state index contributed by atoms with van der Waals surface area (Å²) in [5.41, 5.74) is 0.893. The zero-order chi connectivity index (χ0) is 13.1. The SMILES string of the molecule is CC(=O)C/C=C/CN1C(=O)c2ccccc2C1=O. The summed E-state index contributed by atoms with van der Waals surface area (Å²) in [4.78, 5) is 35.8. The molecule has 1 aromatic rings. The van der Waals surface area contributed by atoms with Crippen molar-refractivity contribution in [3.63, 3.8) is 0 Å². The van der Waals surface area contributed by atoms with Crippen molar-refractivity contribution in [3.8, 4) is 0 Å². The van der Waals surface area contributed by atoms with Gasteiger partial charge in [-0.1, -0.05) is 24.3 Å². The van der Waals surface area contributed by atoms with Crippen LogP contribution in [0.25, 0.3) is 0 Å². The molecule has 0 radical (unpaired) electrons. The van der Waals surface area contributed by atoms with Gasteiger partial charge in [-0.15, -0.1) is 0 Å². The summed E-state index contributed by atoms with van der Waals surface area (Å²) in [6, 6.07) is 6.77. The summed E-state index contributed by atoms with van der Waals surface area (Å²) in [6.45, 7) is 1.70. The van der Waals surface area contributed by atoms with E-state index in [-0.39, 0.29) is 24.1 Å². The second-order valence-electron chi connectivity index (χ2n) is 4.14. The summed E-state index contributed by atoms with van der Waals surface area (Å²) in [5.74, 6) is -0.500. The zero-order valence-electron chi connectivity index (χ0n) is 10.1. The summed E-state index contributed by atoms with van der Waals surface area (Å²) in [6.07, 6.45) is 3.66. The molecule has 0 saturated heterocycles. The van der Waals surface area contributed by atoms with Gasteiger partial charge in [-0.2, -0.15) is 0 Å². The maximum Gasteiger partial charge on any atom is 0.261 e. The Bertz CT molecular complexity index is 511. The van der Waals surface area contributed by atoms with Crippen LogP contribution < -0.4 is 0 Å². The van der Waals surface area contributed by atoms with Crippen molar-refractivity contribution in [1.29, 1.82) is 0 Å². The Labute approximate surface area is 105 Å². The predicted molar refractivity (Wildman–Crippen MR) is 66.2 cm³/mol. The van der Waals surface area contributed by atoms with Gasteiger partial charge in [0.05, 0.1) is 11.1 Å². The Morgan fingerprint density at radius 1 is 1.11 bits per heavy atom. The number of carbonyl (C=O) groups excluding carboxylic acids is 3. The van der Waals surface area contributed by atoms with Gasteiger partial charge in [0, 0.05) is 13.0 Å². The summed E-state index contributed by atoms with van der Waals surface area (Å²) >= 11 is 0. The third-order valence-corrected chi connectivity index (χ3v) is 2.74. The lowest BCUT2D eigenvalue weighted by atomic mass is 10.1. The van der Waals surface area contributed by atoms with Gasteiger partial charge >= 0.3 is 0 Å². The number of ketones is 1. The van der Waals surface area contributed by atoms with Crippen LogP contribution in [-0.2, 0) is 4.79 Å². The lowest BCUT2D eigenvalue weighted by Gasteiger charge is -2.10. The first-order valence-corrected chi connectivity index (χ1v) is 5.71. The molecule has 1 aromatic carbocycles. The van der Waals surface area contributed by atoms with Crippen molar-refractivity contribution in [2.24, 2.45) is 0 Å². The van der Waals surface area contributed by atoms with E-state index in [0.717, 1.165) is 0 Å². The highest BCUT2D eigenvalue weighted by molar-refractivity contribution is 6.21. The van der Waals surface area contributed by atoms with Crippen molar-refractivity contribution in [3.05, 3.63) is 47.5 Å². The first kappa shape index (κ1) is 12.2. The Morgan fingerprint density at radius 2 is 1.67 bits per heavy atom. The number of hydrogen-bond acceptors (Lipinski definition) is 3. The average molecular weight is 243 g/mol. The quantitative estimate of drug-likeness (QED) is 0.598. The molecular formula is C14H13NO3. The smallest absolute Gasteiger partial charge is 0.261 e. The van der Waals surface area contributed by atoms with Crippen molar-refractivity contribution in [2.45, 2.75) is 13.3 Å². The second kappa shape index (κ2) is 4.96. The molecule has 1 aliphatic rings. The highest BCUT2D eigenvalue weighted by Gasteiger charge is 2.33. The molecule has 4 heteroatoms. The van der Waals surface area contributed by atoms with E-state index in [2.05, 4.69) is 0 Å². The fourth-order valence-corrected chi connectivity index (χ4v) is 1.83. The predicted octanol–water partition coefficient (Wildman–Crippen LogP) is 1.82. The molecule has 1 aliphatic heterocycles. The molecular weight excluding hydrogens is 230 g/mol. The van der Waals surface area contributed by atoms with Crippen LogP contribution in [0.15, 0.2) is 36.4 Å². The van der Waals surface area contributed by atoms with Crippen LogP contribution in [0.2, 0.25) is 0 Å². The minimum atomic E-state index is -0.275. The molecule has 0 bridgehead atoms. The molecule has 0 aromatic heterocycles. The van der Waals surface area contributed by atoms with E-state index < -0.39 is 0 Å². The van der Waals surface area contributed by atoms with Crippen molar-refractivity contribution >= 4 is 17.6 Å². The van der Waals surface area contributed by atoms with E-state index in [9.17, 15) is 14.4 Å². The molecule has 4 nitrogen and oxygen atoms in total. The van der Waals surface area contributed by atoms with Gasteiger partial charge < -0.3 is 0 Å². The van der Waals surface area contributed by atoms with Crippen LogP contribution in [0, 0.1) is 0 Å². The highest BCUT2D eigenvalue weighted by atomic mass is 16.2. The Balaban J connectivity index is 2.09. The number of imide groups is 1. The highest BCUT2D eigenvalue weighted by Crippen LogP contribution is 2.21. The lowest BCUT2D eigenvalue weighted by molar-refractivity contribution is -0.116. The third-order valence-electron chi connectivity index (χ3n) is 2.74. The molecule has 0 N–H and O–H groups in total. The number of fused-ring (bicyclic) bond motifs is 1. The molecule has 0 saturated carbocycles. The van der Waals surface area contributed by atoms with E-state index in [4.69, 9.17) is 0 Å². The average Bonchev–Trinajstić information content (AvgIpc) is 2.59. The number of allylic oxidation sites excluding steroid dienone is 1. The first-order chi connectivity index (χ1) is 8.61. The van der Waals surface area contributed by atoms with Gasteiger partial charge in [-0.3, -0.25) is 19.3 Å². The Morgan fingerprint density at radius 3 is 2.17 bits per heavy atom. The molecule has 2 amide bonds. The van der Waals surface area contributed by atoms with Crippen LogP contribution in [0.5, 0.6) is 0 Å². The minimum Gasteiger partial charge on any atom is -0.300 e. The topological polar surface area (TPSA) is 54.5 Å². The third kappa shape index (κ3) is 2.22. The molecule has 0 spiro atoms. The van der Waals surface area contributed by atoms with Crippen LogP contribution >= 0.6 is 0 Å². The van der Waals surface area contributed by atoms with E-state index in [0.29, 0.717) is 17.5 Å². The van der Waals surface area contributed by atoms with Gasteiger partial charge in [0.1, 0.15) is 5.78 Å². The van der Waals surface area contributed by atoms with Gasteiger partial charge in [0.25, 0.3) is 11.8 Å². The molecule has 0 atom stereocenters. The van der Waals surface area contributed by atoms with Crippen LogP contribution in [-0.4, -0.2) is 29.0 Å². The number of rotatable bonds is 4. The monoisotopic (exact) mass is 243 g/mol. The zero-order valence-corrected chi connectivity index (χ0v) is 10.1. The van der Waals surface area contributed by atoms with Crippen LogP contribution in [0.1, 0.15) is 34.1 Å². The Kier molecular flexibility index (Phi) is 3.37. The maximum absolute atomic E-state index is 11.9. The maximum atomic E-state index is 11.9. The largest absolute Gasteiger partial charge is 0.300 e. The molecule has 0 unspecified atom stereocenters. The van der Waals surface area contributed by atoms with Crippen molar-refractivity contribution in [2.75, 3.05) is 6.54 Å². The molecule has 18 heavy (non-hydrogen) atoms. The van der Waals surface area contributed by atoms with Crippen molar-refractivity contribution in [1.82, 2.24) is 4.90 Å². The number of carbonyl (C=O) groups is 3. The second-order valence-corrected chi connectivity index (χ2v) is 4.14. The summed E-state index contributed by atoms with van der Waals surface area (Å²) in [5, 5.41) is 0. The fourth-order valence-electron chi connectivity index (χ4n) is 1.83. The van der Waals surface area contributed by atoms with Gasteiger partial charge in [-0.25, -0.2) is 0 Å². The van der Waals surface area contributed by atoms with E-state index in [1.165, 1.54) is 11.8 Å². The number of hydrogen-bond donors (Lipinski definition) is 0. The van der Waals surface area contributed by atoms with Gasteiger partial charge in [0.15, 0.2) is 0 Å². The molecule has 0 fully saturated rings. The normalized spacial score (nSPS) is 14.4. The number of nitrogens with zero attached hydrogens (tertiary/aromatic N) is 1. The van der Waals surface area contributed by atoms with Gasteiger partial charge in [-0.05, 0) is 19.1 Å². The minimum absolute atomic E-state index is 0.0496. The summed E-state index contributed by atoms with van der Waals surface area (Å²) in [7, 11) is 0. The first-order valence-electron chi connectivity index (χ1n) is 5.71. The van der Waals surface area contributed by atoms with E-state index in [1.54, 1.807) is 36.4 Å². The number of benzene rings is 1. The standard InChI is InChI=1S/C14H13NO3/c1-10(16)6-4-5-9-15-13(17)11-7-2-3-8-12(11)14(15)18/h2-5,7-8H,6,9H2,1H3/b5-4+. The number of Topliss-reactive ketones (excluding diaryl/α,β-unsaturated/α-hetero) is 1.